The second-order valence-electron chi connectivity index (χ2n) is 5.59. The minimum Gasteiger partial charge on any atom is -0.444 e. The van der Waals surface area contributed by atoms with Gasteiger partial charge >= 0.3 is 12.3 Å². The van der Waals surface area contributed by atoms with Gasteiger partial charge in [-0.1, -0.05) is 6.08 Å². The van der Waals surface area contributed by atoms with Gasteiger partial charge in [0.05, 0.1) is 11.3 Å². The van der Waals surface area contributed by atoms with E-state index in [1.54, 1.807) is 32.9 Å². The van der Waals surface area contributed by atoms with E-state index in [4.69, 9.17) is 4.74 Å². The Kier molecular flexibility index (Phi) is 5.96. The molecule has 1 rings (SSSR count). The summed E-state index contributed by atoms with van der Waals surface area (Å²) in [6.07, 6.45) is -0.273. The minimum atomic E-state index is -4.38. The Morgan fingerprint density at radius 2 is 2.00 bits per heavy atom. The van der Waals surface area contributed by atoms with Crippen molar-refractivity contribution in [3.05, 3.63) is 35.7 Å². The van der Waals surface area contributed by atoms with Gasteiger partial charge in [-0.05, 0) is 45.4 Å². The van der Waals surface area contributed by atoms with E-state index in [0.717, 1.165) is 12.3 Å². The zero-order valence-corrected chi connectivity index (χ0v) is 12.7. The highest BCUT2D eigenvalue weighted by Gasteiger charge is 2.30. The number of hydrogen-bond donors (Lipinski definition) is 1. The van der Waals surface area contributed by atoms with Crippen molar-refractivity contribution in [2.24, 2.45) is 0 Å². The first-order valence-electron chi connectivity index (χ1n) is 6.74. The fourth-order valence-electron chi connectivity index (χ4n) is 1.45. The van der Waals surface area contributed by atoms with Crippen LogP contribution in [0.4, 0.5) is 18.0 Å². The number of alkyl carbamates (subject to hydrolysis) is 1. The normalized spacial score (nSPS) is 12.5. The Labute approximate surface area is 127 Å². The van der Waals surface area contributed by atoms with Crippen LogP contribution in [0, 0.1) is 0 Å². The largest absolute Gasteiger partial charge is 0.444 e. The van der Waals surface area contributed by atoms with E-state index in [0.29, 0.717) is 18.7 Å². The number of ether oxygens (including phenoxy) is 1. The number of nitrogens with one attached hydrogen (secondary N) is 1. The second-order valence-corrected chi connectivity index (χ2v) is 5.59. The van der Waals surface area contributed by atoms with Crippen molar-refractivity contribution in [1.82, 2.24) is 10.3 Å². The molecule has 0 saturated carbocycles. The summed E-state index contributed by atoms with van der Waals surface area (Å²) >= 11 is 0. The third-order valence-electron chi connectivity index (χ3n) is 2.38. The van der Waals surface area contributed by atoms with Crippen molar-refractivity contribution in [3.63, 3.8) is 0 Å². The Morgan fingerprint density at radius 3 is 2.50 bits per heavy atom. The molecular weight excluding hydrogens is 297 g/mol. The summed E-state index contributed by atoms with van der Waals surface area (Å²) in [5.74, 6) is 0. The first kappa shape index (κ1) is 18.0. The van der Waals surface area contributed by atoms with Crippen LogP contribution in [0.1, 0.15) is 38.4 Å². The standard InChI is InChI=1S/C15H19F3N2O2/c1-14(2,3)22-13(21)19-9-5-4-6-12-8-7-11(10-20-12)15(16,17)18/h4,6-8,10H,5,9H2,1-3H3,(H,19,21). The maximum absolute atomic E-state index is 12.4. The number of carbonyl (C=O) groups is 1. The summed E-state index contributed by atoms with van der Waals surface area (Å²) in [5.41, 5.74) is -0.911. The molecule has 1 heterocycles. The molecule has 4 nitrogen and oxygen atoms in total. The number of halogens is 3. The summed E-state index contributed by atoms with van der Waals surface area (Å²) in [6, 6.07) is 2.27. The molecule has 0 aliphatic carbocycles. The number of pyridine rings is 1. The molecule has 0 aromatic carbocycles. The van der Waals surface area contributed by atoms with E-state index >= 15 is 0 Å². The minimum absolute atomic E-state index is 0.367. The van der Waals surface area contributed by atoms with Crippen molar-refractivity contribution < 1.29 is 22.7 Å². The quantitative estimate of drug-likeness (QED) is 0.853. The Balaban J connectivity index is 2.36. The molecule has 1 aromatic rings. The molecule has 0 bridgehead atoms. The van der Waals surface area contributed by atoms with Crippen molar-refractivity contribution in [2.75, 3.05) is 6.54 Å². The van der Waals surface area contributed by atoms with Crippen LogP contribution in [-0.4, -0.2) is 23.2 Å². The van der Waals surface area contributed by atoms with Crippen molar-refractivity contribution >= 4 is 12.2 Å². The Morgan fingerprint density at radius 1 is 1.32 bits per heavy atom. The van der Waals surface area contributed by atoms with Crippen LogP contribution in [0.15, 0.2) is 24.4 Å². The van der Waals surface area contributed by atoms with Gasteiger partial charge in [0.25, 0.3) is 0 Å². The van der Waals surface area contributed by atoms with E-state index in [1.807, 2.05) is 0 Å². The van der Waals surface area contributed by atoms with Crippen LogP contribution < -0.4 is 5.32 Å². The van der Waals surface area contributed by atoms with Crippen LogP contribution in [0.5, 0.6) is 0 Å². The van der Waals surface area contributed by atoms with Crippen molar-refractivity contribution in [2.45, 2.75) is 39.0 Å². The number of rotatable bonds is 4. The highest BCUT2D eigenvalue weighted by atomic mass is 19.4. The van der Waals surface area contributed by atoms with Gasteiger partial charge in [0.1, 0.15) is 5.60 Å². The van der Waals surface area contributed by atoms with Crippen LogP contribution in [0.2, 0.25) is 0 Å². The molecule has 0 aliphatic heterocycles. The lowest BCUT2D eigenvalue weighted by atomic mass is 10.2. The van der Waals surface area contributed by atoms with Gasteiger partial charge in [-0.15, -0.1) is 0 Å². The van der Waals surface area contributed by atoms with E-state index < -0.39 is 23.4 Å². The van der Waals surface area contributed by atoms with Crippen molar-refractivity contribution in [3.8, 4) is 0 Å². The van der Waals surface area contributed by atoms with Gasteiger partial charge in [-0.2, -0.15) is 13.2 Å². The third-order valence-corrected chi connectivity index (χ3v) is 2.38. The van der Waals surface area contributed by atoms with Crippen LogP contribution >= 0.6 is 0 Å². The molecule has 22 heavy (non-hydrogen) atoms. The molecule has 0 unspecified atom stereocenters. The summed E-state index contributed by atoms with van der Waals surface area (Å²) in [4.78, 5) is 15.1. The number of hydrogen-bond acceptors (Lipinski definition) is 3. The molecule has 1 aromatic heterocycles. The fourth-order valence-corrected chi connectivity index (χ4v) is 1.45. The molecule has 7 heteroatoms. The third kappa shape index (κ3) is 7.10. The molecule has 122 valence electrons. The first-order chi connectivity index (χ1) is 10.1. The van der Waals surface area contributed by atoms with Gasteiger partial charge in [0, 0.05) is 12.7 Å². The second kappa shape index (κ2) is 7.29. The number of alkyl halides is 3. The molecule has 1 amide bonds. The SMILES string of the molecule is CC(C)(C)OC(=O)NCCC=Cc1ccc(C(F)(F)F)cn1. The van der Waals surface area contributed by atoms with Crippen LogP contribution in [-0.2, 0) is 10.9 Å². The summed E-state index contributed by atoms with van der Waals surface area (Å²) < 4.78 is 42.1. The van der Waals surface area contributed by atoms with Gasteiger partial charge in [0.15, 0.2) is 0 Å². The number of nitrogens with zero attached hydrogens (tertiary/aromatic N) is 1. The van der Waals surface area contributed by atoms with Crippen LogP contribution in [0.3, 0.4) is 0 Å². The number of carbonyl (C=O) groups excluding carboxylic acids is 1. The molecular formula is C15H19F3N2O2. The molecule has 1 N–H and O–H groups in total. The topological polar surface area (TPSA) is 51.2 Å². The van der Waals surface area contributed by atoms with Gasteiger partial charge < -0.3 is 10.1 Å². The monoisotopic (exact) mass is 316 g/mol. The average Bonchev–Trinajstić information content (AvgIpc) is 2.35. The maximum atomic E-state index is 12.4. The van der Waals surface area contributed by atoms with Gasteiger partial charge in [-0.3, -0.25) is 4.98 Å². The Hall–Kier alpha value is -2.05. The molecule has 0 atom stereocenters. The maximum Gasteiger partial charge on any atom is 0.417 e. The van der Waals surface area contributed by atoms with Crippen molar-refractivity contribution in [1.29, 1.82) is 0 Å². The average molecular weight is 316 g/mol. The summed E-state index contributed by atoms with van der Waals surface area (Å²) in [5, 5.41) is 2.57. The molecule has 0 spiro atoms. The molecule has 0 fully saturated rings. The molecule has 0 aliphatic rings. The van der Waals surface area contributed by atoms with Gasteiger partial charge in [-0.25, -0.2) is 4.79 Å². The smallest absolute Gasteiger partial charge is 0.417 e. The van der Waals surface area contributed by atoms with E-state index in [-0.39, 0.29) is 0 Å². The lowest BCUT2D eigenvalue weighted by Crippen LogP contribution is -2.32. The predicted molar refractivity (Wildman–Crippen MR) is 77.1 cm³/mol. The zero-order valence-electron chi connectivity index (χ0n) is 12.7. The van der Waals surface area contributed by atoms with Gasteiger partial charge in [0.2, 0.25) is 0 Å². The predicted octanol–water partition coefficient (Wildman–Crippen LogP) is 4.03. The number of amides is 1. The Bertz CT molecular complexity index is 517. The molecule has 0 saturated heterocycles. The van der Waals surface area contributed by atoms with E-state index in [2.05, 4.69) is 10.3 Å². The van der Waals surface area contributed by atoms with E-state index in [1.165, 1.54) is 6.07 Å². The molecule has 0 radical (unpaired) electrons. The summed E-state index contributed by atoms with van der Waals surface area (Å²) in [6.45, 7) is 5.67. The number of aromatic nitrogens is 1. The van der Waals surface area contributed by atoms with E-state index in [9.17, 15) is 18.0 Å². The highest BCUT2D eigenvalue weighted by molar-refractivity contribution is 5.67. The summed E-state index contributed by atoms with van der Waals surface area (Å²) in [7, 11) is 0. The first-order valence-corrected chi connectivity index (χ1v) is 6.74. The lowest BCUT2D eigenvalue weighted by molar-refractivity contribution is -0.137. The fraction of sp³-hybridized carbons (Fsp3) is 0.467. The zero-order chi connectivity index (χ0) is 16.8. The lowest BCUT2D eigenvalue weighted by Gasteiger charge is -2.19. The van der Waals surface area contributed by atoms with Crippen LogP contribution in [0.25, 0.3) is 6.08 Å². The highest BCUT2D eigenvalue weighted by Crippen LogP contribution is 2.28.